The predicted molar refractivity (Wildman–Crippen MR) is 62.1 cm³/mol. The Balaban J connectivity index is 2.80. The summed E-state index contributed by atoms with van der Waals surface area (Å²) < 4.78 is 0. The monoisotopic (exact) mass is 222 g/mol. The van der Waals surface area contributed by atoms with Gasteiger partial charge in [0, 0.05) is 24.3 Å². The van der Waals surface area contributed by atoms with Gasteiger partial charge < -0.3 is 9.90 Å². The molecular weight excluding hydrogens is 204 g/mol. The molecule has 16 heavy (non-hydrogen) atoms. The molecule has 0 bridgehead atoms. The van der Waals surface area contributed by atoms with Crippen LogP contribution in [0.25, 0.3) is 0 Å². The van der Waals surface area contributed by atoms with Gasteiger partial charge in [0.05, 0.1) is 0 Å². The lowest BCUT2D eigenvalue weighted by Gasteiger charge is -2.22. The molecule has 88 valence electrons. The van der Waals surface area contributed by atoms with Gasteiger partial charge in [0.25, 0.3) is 0 Å². The quantitative estimate of drug-likeness (QED) is 0.728. The van der Waals surface area contributed by atoms with Gasteiger partial charge in [0.15, 0.2) is 5.78 Å². The van der Waals surface area contributed by atoms with Crippen molar-refractivity contribution in [3.8, 4) is 0 Å². The zero-order valence-electron chi connectivity index (χ0n) is 9.66. The average Bonchev–Trinajstić information content (AvgIpc) is 2.22. The molecule has 0 saturated carbocycles. The smallest absolute Gasteiger partial charge is 0.162 e. The van der Waals surface area contributed by atoms with Crippen molar-refractivity contribution in [2.24, 2.45) is 5.92 Å². The second-order valence-electron chi connectivity index (χ2n) is 4.25. The van der Waals surface area contributed by atoms with Crippen molar-refractivity contribution < 1.29 is 14.7 Å². The molecule has 0 radical (unpaired) electrons. The zero-order chi connectivity index (χ0) is 12.1. The number of hydrogen-bond acceptors (Lipinski definition) is 3. The van der Waals surface area contributed by atoms with Crippen molar-refractivity contribution in [1.29, 1.82) is 0 Å². The Hall–Kier alpha value is -1.38. The molecule has 1 atom stereocenters. The molecule has 1 rings (SSSR count). The van der Waals surface area contributed by atoms with Gasteiger partial charge in [-0.05, 0) is 26.2 Å². The third-order valence-electron chi connectivity index (χ3n) is 2.93. The number of carbonyl (C=O) groups excluding carboxylic acids is 2. The molecule has 0 aromatic rings. The SMILES string of the molecule is C=CCC1CCC(=O)C(CCC(C)=O)=C1O. The number of rotatable bonds is 5. The van der Waals surface area contributed by atoms with E-state index in [4.69, 9.17) is 0 Å². The van der Waals surface area contributed by atoms with Gasteiger partial charge in [0.2, 0.25) is 0 Å². The van der Waals surface area contributed by atoms with Crippen LogP contribution in [-0.4, -0.2) is 16.7 Å². The van der Waals surface area contributed by atoms with Gasteiger partial charge in [-0.25, -0.2) is 0 Å². The van der Waals surface area contributed by atoms with E-state index in [9.17, 15) is 14.7 Å². The number of ketones is 2. The predicted octanol–water partition coefficient (Wildman–Crippen LogP) is 2.72. The van der Waals surface area contributed by atoms with E-state index in [0.29, 0.717) is 37.7 Å². The molecule has 3 nitrogen and oxygen atoms in total. The maximum atomic E-state index is 11.6. The summed E-state index contributed by atoms with van der Waals surface area (Å²) in [6.45, 7) is 5.13. The fraction of sp³-hybridized carbons (Fsp3) is 0.538. The standard InChI is InChI=1S/C13H18O3/c1-3-4-10-6-8-12(15)11(13(10)16)7-5-9(2)14/h3,10,16H,1,4-8H2,2H3. The highest BCUT2D eigenvalue weighted by Crippen LogP contribution is 2.31. The van der Waals surface area contributed by atoms with Crippen molar-refractivity contribution >= 4 is 11.6 Å². The third kappa shape index (κ3) is 3.05. The van der Waals surface area contributed by atoms with E-state index in [1.54, 1.807) is 6.08 Å². The Morgan fingerprint density at radius 1 is 1.62 bits per heavy atom. The first kappa shape index (κ1) is 12.7. The van der Waals surface area contributed by atoms with Gasteiger partial charge >= 0.3 is 0 Å². The number of aliphatic hydroxyl groups excluding tert-OH is 1. The Kier molecular flexibility index (Phi) is 4.47. The largest absolute Gasteiger partial charge is 0.512 e. The van der Waals surface area contributed by atoms with E-state index in [0.717, 1.165) is 0 Å². The maximum absolute atomic E-state index is 11.6. The summed E-state index contributed by atoms with van der Waals surface area (Å²) in [6.07, 6.45) is 4.28. The maximum Gasteiger partial charge on any atom is 0.162 e. The van der Waals surface area contributed by atoms with Gasteiger partial charge in [-0.15, -0.1) is 6.58 Å². The van der Waals surface area contributed by atoms with Crippen LogP contribution in [0.5, 0.6) is 0 Å². The number of Topliss-reactive ketones (excluding diaryl/α,β-unsaturated/α-hetero) is 2. The highest BCUT2D eigenvalue weighted by Gasteiger charge is 2.27. The molecule has 0 heterocycles. The topological polar surface area (TPSA) is 54.4 Å². The van der Waals surface area contributed by atoms with Gasteiger partial charge in [-0.1, -0.05) is 6.08 Å². The summed E-state index contributed by atoms with van der Waals surface area (Å²) in [5, 5.41) is 9.94. The second-order valence-corrected chi connectivity index (χ2v) is 4.25. The Morgan fingerprint density at radius 3 is 2.88 bits per heavy atom. The average molecular weight is 222 g/mol. The fourth-order valence-corrected chi connectivity index (χ4v) is 1.98. The molecule has 0 fully saturated rings. The fourth-order valence-electron chi connectivity index (χ4n) is 1.98. The number of carbonyl (C=O) groups is 2. The van der Waals surface area contributed by atoms with Crippen molar-refractivity contribution in [2.75, 3.05) is 0 Å². The molecule has 0 aliphatic heterocycles. The second kappa shape index (κ2) is 5.64. The first-order valence-electron chi connectivity index (χ1n) is 5.61. The molecule has 0 amide bonds. The molecule has 1 N–H and O–H groups in total. The zero-order valence-corrected chi connectivity index (χ0v) is 9.66. The van der Waals surface area contributed by atoms with E-state index >= 15 is 0 Å². The number of allylic oxidation sites excluding steroid dienone is 3. The summed E-state index contributed by atoms with van der Waals surface area (Å²) in [5.74, 6) is 0.215. The van der Waals surface area contributed by atoms with E-state index in [-0.39, 0.29) is 23.2 Å². The van der Waals surface area contributed by atoms with Gasteiger partial charge in [-0.2, -0.15) is 0 Å². The van der Waals surface area contributed by atoms with Crippen molar-refractivity contribution in [3.63, 3.8) is 0 Å². The van der Waals surface area contributed by atoms with Gasteiger partial charge in [0.1, 0.15) is 11.5 Å². The minimum Gasteiger partial charge on any atom is -0.512 e. The first-order chi connectivity index (χ1) is 7.56. The summed E-state index contributed by atoms with van der Waals surface area (Å²) >= 11 is 0. The Labute approximate surface area is 95.9 Å². The van der Waals surface area contributed by atoms with Crippen LogP contribution in [0.4, 0.5) is 0 Å². The highest BCUT2D eigenvalue weighted by molar-refractivity contribution is 5.97. The highest BCUT2D eigenvalue weighted by atomic mass is 16.3. The lowest BCUT2D eigenvalue weighted by molar-refractivity contribution is -0.117. The van der Waals surface area contributed by atoms with Crippen LogP contribution in [-0.2, 0) is 9.59 Å². The summed E-state index contributed by atoms with van der Waals surface area (Å²) in [6, 6.07) is 0. The van der Waals surface area contributed by atoms with Crippen LogP contribution in [0, 0.1) is 5.92 Å². The molecule has 0 saturated heterocycles. The molecule has 1 aliphatic carbocycles. The molecule has 1 aliphatic rings. The Bertz CT molecular complexity index is 339. The lowest BCUT2D eigenvalue weighted by atomic mass is 9.84. The molecule has 0 aromatic heterocycles. The van der Waals surface area contributed by atoms with Crippen LogP contribution in [0.15, 0.2) is 24.0 Å². The number of aliphatic hydroxyl groups is 1. The van der Waals surface area contributed by atoms with Crippen molar-refractivity contribution in [3.05, 3.63) is 24.0 Å². The Morgan fingerprint density at radius 2 is 2.31 bits per heavy atom. The summed E-state index contributed by atoms with van der Waals surface area (Å²) in [7, 11) is 0. The molecule has 0 aromatic carbocycles. The summed E-state index contributed by atoms with van der Waals surface area (Å²) in [4.78, 5) is 22.5. The van der Waals surface area contributed by atoms with Crippen LogP contribution in [0.2, 0.25) is 0 Å². The van der Waals surface area contributed by atoms with Crippen molar-refractivity contribution in [2.45, 2.75) is 39.0 Å². The van der Waals surface area contributed by atoms with E-state index in [1.165, 1.54) is 6.92 Å². The normalized spacial score (nSPS) is 21.1. The van der Waals surface area contributed by atoms with E-state index in [2.05, 4.69) is 6.58 Å². The lowest BCUT2D eigenvalue weighted by Crippen LogP contribution is -2.19. The molecule has 1 unspecified atom stereocenters. The minimum absolute atomic E-state index is 0.0113. The summed E-state index contributed by atoms with van der Waals surface area (Å²) in [5.41, 5.74) is 0.452. The molecule has 0 spiro atoms. The number of hydrogen-bond donors (Lipinski definition) is 1. The van der Waals surface area contributed by atoms with E-state index < -0.39 is 0 Å². The van der Waals surface area contributed by atoms with E-state index in [1.807, 2.05) is 0 Å². The van der Waals surface area contributed by atoms with Crippen LogP contribution in [0.1, 0.15) is 39.0 Å². The van der Waals surface area contributed by atoms with Gasteiger partial charge in [-0.3, -0.25) is 4.79 Å². The van der Waals surface area contributed by atoms with Crippen LogP contribution < -0.4 is 0 Å². The third-order valence-corrected chi connectivity index (χ3v) is 2.93. The van der Waals surface area contributed by atoms with Crippen LogP contribution in [0.3, 0.4) is 0 Å². The first-order valence-corrected chi connectivity index (χ1v) is 5.61. The van der Waals surface area contributed by atoms with Crippen molar-refractivity contribution in [1.82, 2.24) is 0 Å². The van der Waals surface area contributed by atoms with Crippen LogP contribution >= 0.6 is 0 Å². The minimum atomic E-state index is -0.0148. The molecule has 3 heteroatoms. The molecular formula is C13H18O3.